The molecular formula is C23H35N5O2. The molecule has 1 saturated heterocycles. The maximum absolute atomic E-state index is 12.9. The Morgan fingerprint density at radius 1 is 1.20 bits per heavy atom. The third kappa shape index (κ3) is 5.12. The highest BCUT2D eigenvalue weighted by Crippen LogP contribution is 2.23. The van der Waals surface area contributed by atoms with Gasteiger partial charge in [0.25, 0.3) is 0 Å². The van der Waals surface area contributed by atoms with Crippen LogP contribution in [0.15, 0.2) is 12.2 Å². The number of fused-ring (bicyclic) bond motifs is 1. The highest BCUT2D eigenvalue weighted by atomic mass is 16.2. The van der Waals surface area contributed by atoms with Crippen molar-refractivity contribution in [2.24, 2.45) is 5.92 Å². The Labute approximate surface area is 179 Å². The van der Waals surface area contributed by atoms with Gasteiger partial charge >= 0.3 is 0 Å². The summed E-state index contributed by atoms with van der Waals surface area (Å²) in [5, 5.41) is 10.8. The molecule has 1 aliphatic carbocycles. The lowest BCUT2D eigenvalue weighted by molar-refractivity contribution is -0.135. The zero-order chi connectivity index (χ0) is 20.9. The van der Waals surface area contributed by atoms with Gasteiger partial charge in [0.15, 0.2) is 0 Å². The zero-order valence-electron chi connectivity index (χ0n) is 18.2. The van der Waals surface area contributed by atoms with E-state index in [2.05, 4.69) is 39.6 Å². The molecule has 2 amide bonds. The summed E-state index contributed by atoms with van der Waals surface area (Å²) in [5.41, 5.74) is 3.68. The molecule has 0 aromatic carbocycles. The maximum Gasteiger partial charge on any atom is 0.227 e. The van der Waals surface area contributed by atoms with Crippen molar-refractivity contribution in [1.82, 2.24) is 25.3 Å². The van der Waals surface area contributed by atoms with Crippen molar-refractivity contribution in [3.63, 3.8) is 0 Å². The average Bonchev–Trinajstić information content (AvgIpc) is 3.08. The summed E-state index contributed by atoms with van der Waals surface area (Å²) < 4.78 is 0. The van der Waals surface area contributed by atoms with Gasteiger partial charge in [-0.1, -0.05) is 12.2 Å². The first-order valence-electron chi connectivity index (χ1n) is 11.6. The van der Waals surface area contributed by atoms with Crippen LogP contribution in [0.4, 0.5) is 0 Å². The molecule has 3 heterocycles. The van der Waals surface area contributed by atoms with E-state index in [4.69, 9.17) is 0 Å². The van der Waals surface area contributed by atoms with Gasteiger partial charge in [0, 0.05) is 50.8 Å². The van der Waals surface area contributed by atoms with E-state index in [1.165, 1.54) is 24.1 Å². The Kier molecular flexibility index (Phi) is 6.87. The van der Waals surface area contributed by atoms with Crippen molar-refractivity contribution in [3.05, 3.63) is 29.1 Å². The van der Waals surface area contributed by atoms with Crippen LogP contribution in [0, 0.1) is 5.92 Å². The van der Waals surface area contributed by atoms with Gasteiger partial charge in [-0.05, 0) is 57.6 Å². The molecule has 7 heteroatoms. The number of amides is 2. The average molecular weight is 414 g/mol. The van der Waals surface area contributed by atoms with E-state index in [1.807, 2.05) is 4.90 Å². The minimum atomic E-state index is 0.0268. The van der Waals surface area contributed by atoms with Crippen LogP contribution in [0.5, 0.6) is 0 Å². The first kappa shape index (κ1) is 21.1. The first-order valence-corrected chi connectivity index (χ1v) is 11.6. The third-order valence-electron chi connectivity index (χ3n) is 6.74. The van der Waals surface area contributed by atoms with Crippen LogP contribution in [0.3, 0.4) is 0 Å². The van der Waals surface area contributed by atoms with Gasteiger partial charge in [-0.3, -0.25) is 14.7 Å². The van der Waals surface area contributed by atoms with E-state index < -0.39 is 0 Å². The monoisotopic (exact) mass is 413 g/mol. The first-order chi connectivity index (χ1) is 14.6. The molecular weight excluding hydrogens is 378 g/mol. The molecule has 0 bridgehead atoms. The fraction of sp³-hybridized carbons (Fsp3) is 0.696. The molecule has 30 heavy (non-hydrogen) atoms. The highest BCUT2D eigenvalue weighted by molar-refractivity contribution is 5.79. The second-order valence-electron chi connectivity index (χ2n) is 9.14. The van der Waals surface area contributed by atoms with E-state index in [0.717, 1.165) is 64.0 Å². The summed E-state index contributed by atoms with van der Waals surface area (Å²) in [6, 6.07) is 0.106. The van der Waals surface area contributed by atoms with Crippen LogP contribution in [-0.4, -0.2) is 71.1 Å². The fourth-order valence-electron chi connectivity index (χ4n) is 5.12. The van der Waals surface area contributed by atoms with Crippen molar-refractivity contribution >= 4 is 11.8 Å². The number of likely N-dealkylation sites (tertiary alicyclic amines) is 1. The predicted octanol–water partition coefficient (Wildman–Crippen LogP) is 1.84. The van der Waals surface area contributed by atoms with Crippen LogP contribution in [-0.2, 0) is 28.9 Å². The molecule has 3 aliphatic rings. The van der Waals surface area contributed by atoms with Crippen LogP contribution < -0.4 is 5.32 Å². The van der Waals surface area contributed by atoms with Gasteiger partial charge in [0.2, 0.25) is 11.8 Å². The Bertz CT molecular complexity index is 787. The molecule has 0 saturated carbocycles. The number of hydrogen-bond donors (Lipinski definition) is 2. The topological polar surface area (TPSA) is 81.3 Å². The summed E-state index contributed by atoms with van der Waals surface area (Å²) in [7, 11) is 2.05. The van der Waals surface area contributed by atoms with Crippen molar-refractivity contribution in [1.29, 1.82) is 0 Å². The lowest BCUT2D eigenvalue weighted by Crippen LogP contribution is -2.43. The molecule has 1 aromatic heterocycles. The third-order valence-corrected chi connectivity index (χ3v) is 6.74. The molecule has 1 fully saturated rings. The minimum Gasteiger partial charge on any atom is -0.352 e. The number of aromatic amines is 1. The number of carbonyl (C=O) groups excluding carboxylic acids is 2. The van der Waals surface area contributed by atoms with Crippen LogP contribution in [0.25, 0.3) is 0 Å². The van der Waals surface area contributed by atoms with Gasteiger partial charge < -0.3 is 15.1 Å². The Morgan fingerprint density at radius 2 is 2.07 bits per heavy atom. The van der Waals surface area contributed by atoms with Crippen LogP contribution in [0.2, 0.25) is 0 Å². The smallest absolute Gasteiger partial charge is 0.227 e. The Hall–Kier alpha value is -2.15. The number of hydrogen-bond acceptors (Lipinski definition) is 4. The standard InChI is InChI=1S/C23H35N5O2/c1-27-15-17(23(30)28-13-5-2-6-14-28)9-10-18(16-27)24-22(29)12-11-21-19-7-3-4-8-20(19)25-26-21/h2,5,17-18H,3-4,6-16H2,1H3,(H,24,29)(H,25,26)/t17-,18+/m1/s1. The number of rotatable bonds is 5. The van der Waals surface area contributed by atoms with Gasteiger partial charge in [-0.15, -0.1) is 0 Å². The largest absolute Gasteiger partial charge is 0.352 e. The lowest BCUT2D eigenvalue weighted by atomic mass is 9.94. The Morgan fingerprint density at radius 3 is 2.90 bits per heavy atom. The number of likely N-dealkylation sites (N-methyl/N-ethyl adjacent to an activating group) is 1. The molecule has 2 aliphatic heterocycles. The van der Waals surface area contributed by atoms with E-state index in [9.17, 15) is 9.59 Å². The molecule has 164 valence electrons. The van der Waals surface area contributed by atoms with E-state index in [-0.39, 0.29) is 23.8 Å². The lowest BCUT2D eigenvalue weighted by Gasteiger charge is -2.28. The quantitative estimate of drug-likeness (QED) is 0.722. The van der Waals surface area contributed by atoms with E-state index in [1.54, 1.807) is 0 Å². The number of nitrogens with zero attached hydrogens (tertiary/aromatic N) is 3. The normalized spacial score (nSPS) is 24.9. The zero-order valence-corrected chi connectivity index (χ0v) is 18.2. The van der Waals surface area contributed by atoms with Gasteiger partial charge in [-0.2, -0.15) is 5.10 Å². The summed E-state index contributed by atoms with van der Waals surface area (Å²) in [5.74, 6) is 0.382. The van der Waals surface area contributed by atoms with Crippen molar-refractivity contribution in [2.75, 3.05) is 33.2 Å². The fourth-order valence-corrected chi connectivity index (χ4v) is 5.12. The highest BCUT2D eigenvalue weighted by Gasteiger charge is 2.30. The van der Waals surface area contributed by atoms with E-state index in [0.29, 0.717) is 12.8 Å². The molecule has 0 radical (unpaired) electrons. The molecule has 2 atom stereocenters. The Balaban J connectivity index is 1.26. The summed E-state index contributed by atoms with van der Waals surface area (Å²) in [6.45, 7) is 3.13. The van der Waals surface area contributed by atoms with Crippen LogP contribution >= 0.6 is 0 Å². The van der Waals surface area contributed by atoms with Crippen molar-refractivity contribution in [2.45, 2.75) is 63.8 Å². The van der Waals surface area contributed by atoms with E-state index >= 15 is 0 Å². The molecule has 1 aromatic rings. The minimum absolute atomic E-state index is 0.0268. The second kappa shape index (κ2) is 9.77. The van der Waals surface area contributed by atoms with Gasteiger partial charge in [-0.25, -0.2) is 0 Å². The SMILES string of the molecule is CN1C[C@@H](NC(=O)CCc2n[nH]c3c2CCCC3)CC[C@@H](C(=O)N2CC=CCC2)C1. The summed E-state index contributed by atoms with van der Waals surface area (Å²) >= 11 is 0. The molecule has 2 N–H and O–H groups in total. The molecule has 7 nitrogen and oxygen atoms in total. The maximum atomic E-state index is 12.9. The number of H-pyrrole nitrogens is 1. The van der Waals surface area contributed by atoms with Crippen LogP contribution in [0.1, 0.15) is 55.5 Å². The summed E-state index contributed by atoms with van der Waals surface area (Å²) in [4.78, 5) is 29.7. The molecule has 0 spiro atoms. The number of aryl methyl sites for hydroxylation is 2. The van der Waals surface area contributed by atoms with Crippen molar-refractivity contribution in [3.8, 4) is 0 Å². The predicted molar refractivity (Wildman–Crippen MR) is 116 cm³/mol. The second-order valence-corrected chi connectivity index (χ2v) is 9.14. The van der Waals surface area contributed by atoms with Crippen molar-refractivity contribution < 1.29 is 9.59 Å². The number of carbonyl (C=O) groups is 2. The number of nitrogens with one attached hydrogen (secondary N) is 2. The summed E-state index contributed by atoms with van der Waals surface area (Å²) in [6.07, 6.45) is 12.6. The van der Waals surface area contributed by atoms with Gasteiger partial charge in [0.1, 0.15) is 0 Å². The number of aromatic nitrogens is 2. The van der Waals surface area contributed by atoms with Gasteiger partial charge in [0.05, 0.1) is 11.6 Å². The molecule has 0 unspecified atom stereocenters. The molecule has 4 rings (SSSR count).